The average molecular weight is 318 g/mol. The van der Waals surface area contributed by atoms with Crippen LogP contribution in [0.1, 0.15) is 44.9 Å². The Labute approximate surface area is 116 Å². The van der Waals surface area contributed by atoms with Crippen molar-refractivity contribution in [2.75, 3.05) is 16.8 Å². The standard InChI is InChI=1S/C12H20BrN3S/c1-2-5-11-14-12(17-15-11)16(9-4-8-13)10-6-3-7-10/h10H,2-9H2,1H3. The van der Waals surface area contributed by atoms with Crippen LogP contribution in [0.15, 0.2) is 0 Å². The first-order chi connectivity index (χ1) is 8.35. The molecule has 0 spiro atoms. The van der Waals surface area contributed by atoms with Crippen molar-refractivity contribution in [2.24, 2.45) is 0 Å². The largest absolute Gasteiger partial charge is 0.344 e. The Balaban J connectivity index is 2.01. The topological polar surface area (TPSA) is 29.0 Å². The van der Waals surface area contributed by atoms with Gasteiger partial charge in [-0.1, -0.05) is 22.9 Å². The molecule has 1 aromatic heterocycles. The molecule has 0 N–H and O–H groups in total. The van der Waals surface area contributed by atoms with Gasteiger partial charge in [-0.3, -0.25) is 0 Å². The van der Waals surface area contributed by atoms with Crippen molar-refractivity contribution in [3.8, 4) is 0 Å². The summed E-state index contributed by atoms with van der Waals surface area (Å²) >= 11 is 5.09. The molecule has 0 atom stereocenters. The minimum absolute atomic E-state index is 0.719. The molecule has 1 aliphatic carbocycles. The van der Waals surface area contributed by atoms with Gasteiger partial charge < -0.3 is 4.90 Å². The molecule has 1 heterocycles. The third kappa shape index (κ3) is 3.41. The molecule has 0 bridgehead atoms. The second-order valence-electron chi connectivity index (χ2n) is 4.56. The highest BCUT2D eigenvalue weighted by atomic mass is 79.9. The van der Waals surface area contributed by atoms with E-state index < -0.39 is 0 Å². The Morgan fingerprint density at radius 1 is 1.47 bits per heavy atom. The molecule has 2 rings (SSSR count). The van der Waals surface area contributed by atoms with E-state index in [2.05, 4.69) is 37.1 Å². The lowest BCUT2D eigenvalue weighted by Crippen LogP contribution is -2.41. The summed E-state index contributed by atoms with van der Waals surface area (Å²) in [6, 6.07) is 0.719. The van der Waals surface area contributed by atoms with Crippen LogP contribution in [-0.2, 0) is 6.42 Å². The van der Waals surface area contributed by atoms with Gasteiger partial charge in [0.2, 0.25) is 5.13 Å². The molecule has 96 valence electrons. The van der Waals surface area contributed by atoms with E-state index in [1.54, 1.807) is 11.5 Å². The number of aromatic nitrogens is 2. The van der Waals surface area contributed by atoms with Crippen LogP contribution in [0.4, 0.5) is 5.13 Å². The van der Waals surface area contributed by atoms with Crippen molar-refractivity contribution in [2.45, 2.75) is 51.5 Å². The normalized spacial score (nSPS) is 15.9. The molecule has 1 saturated carbocycles. The molecule has 1 aromatic rings. The first-order valence-corrected chi connectivity index (χ1v) is 8.39. The lowest BCUT2D eigenvalue weighted by atomic mass is 9.92. The summed E-state index contributed by atoms with van der Waals surface area (Å²) in [5.74, 6) is 1.02. The second-order valence-corrected chi connectivity index (χ2v) is 6.09. The molecule has 17 heavy (non-hydrogen) atoms. The van der Waals surface area contributed by atoms with Crippen molar-refractivity contribution in [1.29, 1.82) is 0 Å². The highest BCUT2D eigenvalue weighted by Crippen LogP contribution is 2.30. The number of hydrogen-bond acceptors (Lipinski definition) is 4. The summed E-state index contributed by atoms with van der Waals surface area (Å²) in [6.07, 6.45) is 7.33. The minimum Gasteiger partial charge on any atom is -0.344 e. The molecule has 1 fully saturated rings. The minimum atomic E-state index is 0.719. The van der Waals surface area contributed by atoms with Crippen molar-refractivity contribution >= 4 is 32.6 Å². The summed E-state index contributed by atoms with van der Waals surface area (Å²) in [5, 5.41) is 2.20. The van der Waals surface area contributed by atoms with E-state index >= 15 is 0 Å². The van der Waals surface area contributed by atoms with Crippen LogP contribution in [0, 0.1) is 0 Å². The number of anilines is 1. The van der Waals surface area contributed by atoms with Gasteiger partial charge in [0, 0.05) is 35.9 Å². The van der Waals surface area contributed by atoms with Crippen LogP contribution in [0.2, 0.25) is 0 Å². The number of nitrogens with zero attached hydrogens (tertiary/aromatic N) is 3. The lowest BCUT2D eigenvalue weighted by molar-refractivity contribution is 0.386. The van der Waals surface area contributed by atoms with E-state index in [0.29, 0.717) is 0 Å². The number of halogens is 1. The predicted molar refractivity (Wildman–Crippen MR) is 77.3 cm³/mol. The smallest absolute Gasteiger partial charge is 0.205 e. The molecule has 1 aliphatic rings. The fraction of sp³-hybridized carbons (Fsp3) is 0.833. The average Bonchev–Trinajstić information content (AvgIpc) is 2.70. The SMILES string of the molecule is CCCc1nsc(N(CCCBr)C2CCC2)n1. The Morgan fingerprint density at radius 2 is 2.29 bits per heavy atom. The van der Waals surface area contributed by atoms with E-state index in [-0.39, 0.29) is 0 Å². The molecular formula is C12H20BrN3S. The second kappa shape index (κ2) is 6.69. The van der Waals surface area contributed by atoms with Crippen LogP contribution < -0.4 is 4.90 Å². The zero-order chi connectivity index (χ0) is 12.1. The zero-order valence-electron chi connectivity index (χ0n) is 10.4. The molecule has 0 amide bonds. The number of hydrogen-bond donors (Lipinski definition) is 0. The monoisotopic (exact) mass is 317 g/mol. The van der Waals surface area contributed by atoms with E-state index in [0.717, 1.165) is 41.7 Å². The van der Waals surface area contributed by atoms with Crippen LogP contribution in [0.25, 0.3) is 0 Å². The first kappa shape index (κ1) is 13.3. The Bertz CT molecular complexity index is 338. The molecule has 3 nitrogen and oxygen atoms in total. The molecule has 0 radical (unpaired) electrons. The summed E-state index contributed by atoms with van der Waals surface area (Å²) in [5.41, 5.74) is 0. The first-order valence-electron chi connectivity index (χ1n) is 6.50. The predicted octanol–water partition coefficient (Wildman–Crippen LogP) is 3.63. The number of rotatable bonds is 7. The van der Waals surface area contributed by atoms with E-state index in [9.17, 15) is 0 Å². The summed E-state index contributed by atoms with van der Waals surface area (Å²) < 4.78 is 4.45. The maximum absolute atomic E-state index is 4.67. The third-order valence-corrected chi connectivity index (χ3v) is 4.58. The highest BCUT2D eigenvalue weighted by molar-refractivity contribution is 9.09. The van der Waals surface area contributed by atoms with Crippen molar-refractivity contribution in [3.63, 3.8) is 0 Å². The fourth-order valence-corrected chi connectivity index (χ4v) is 3.11. The Morgan fingerprint density at radius 3 is 2.88 bits per heavy atom. The summed E-state index contributed by atoms with van der Waals surface area (Å²) in [6.45, 7) is 3.28. The molecule has 0 saturated heterocycles. The molecule has 0 unspecified atom stereocenters. The zero-order valence-corrected chi connectivity index (χ0v) is 12.8. The van der Waals surface area contributed by atoms with Crippen molar-refractivity contribution in [3.05, 3.63) is 5.82 Å². The van der Waals surface area contributed by atoms with Gasteiger partial charge in [-0.2, -0.15) is 4.37 Å². The van der Waals surface area contributed by atoms with Gasteiger partial charge >= 0.3 is 0 Å². The van der Waals surface area contributed by atoms with Gasteiger partial charge in [0.25, 0.3) is 0 Å². The summed E-state index contributed by atoms with van der Waals surface area (Å²) in [7, 11) is 0. The molecule has 0 aromatic carbocycles. The molecular weight excluding hydrogens is 298 g/mol. The maximum atomic E-state index is 4.67. The van der Waals surface area contributed by atoms with Gasteiger partial charge in [-0.25, -0.2) is 4.98 Å². The van der Waals surface area contributed by atoms with Gasteiger partial charge in [0.1, 0.15) is 5.82 Å². The third-order valence-electron chi connectivity index (χ3n) is 3.22. The quantitative estimate of drug-likeness (QED) is 0.719. The Hall–Kier alpha value is -0.160. The number of aryl methyl sites for hydroxylation is 1. The van der Waals surface area contributed by atoms with E-state index in [1.165, 1.54) is 25.7 Å². The van der Waals surface area contributed by atoms with Gasteiger partial charge in [0.05, 0.1) is 0 Å². The fourth-order valence-electron chi connectivity index (χ4n) is 2.05. The lowest BCUT2D eigenvalue weighted by Gasteiger charge is -2.37. The van der Waals surface area contributed by atoms with Crippen LogP contribution in [0.5, 0.6) is 0 Å². The Kier molecular flexibility index (Phi) is 5.22. The van der Waals surface area contributed by atoms with Gasteiger partial charge in [-0.05, 0) is 32.1 Å². The molecule has 0 aliphatic heterocycles. The summed E-state index contributed by atoms with van der Waals surface area (Å²) in [4.78, 5) is 7.15. The van der Waals surface area contributed by atoms with Crippen LogP contribution >= 0.6 is 27.5 Å². The highest BCUT2D eigenvalue weighted by Gasteiger charge is 2.26. The molecule has 5 heteroatoms. The van der Waals surface area contributed by atoms with Crippen LogP contribution in [-0.4, -0.2) is 27.3 Å². The van der Waals surface area contributed by atoms with Gasteiger partial charge in [-0.15, -0.1) is 0 Å². The van der Waals surface area contributed by atoms with E-state index in [1.807, 2.05) is 0 Å². The van der Waals surface area contributed by atoms with Crippen molar-refractivity contribution < 1.29 is 0 Å². The van der Waals surface area contributed by atoms with Crippen molar-refractivity contribution in [1.82, 2.24) is 9.36 Å². The maximum Gasteiger partial charge on any atom is 0.205 e. The van der Waals surface area contributed by atoms with E-state index in [4.69, 9.17) is 0 Å². The van der Waals surface area contributed by atoms with Crippen LogP contribution in [0.3, 0.4) is 0 Å². The number of alkyl halides is 1. The van der Waals surface area contributed by atoms with Gasteiger partial charge in [0.15, 0.2) is 0 Å².